The lowest BCUT2D eigenvalue weighted by Crippen LogP contribution is -2.47. The number of carbonyl (C=O) groups excluding carboxylic acids is 4. The zero-order valence-corrected chi connectivity index (χ0v) is 26.1. The van der Waals surface area contributed by atoms with E-state index in [-0.39, 0.29) is 23.6 Å². The van der Waals surface area contributed by atoms with E-state index in [1.807, 2.05) is 0 Å². The minimum atomic E-state index is -0.511. The molecule has 5 heterocycles. The van der Waals surface area contributed by atoms with Gasteiger partial charge >= 0.3 is 0 Å². The van der Waals surface area contributed by atoms with Crippen LogP contribution in [-0.2, 0) is 28.7 Å². The molecule has 4 fully saturated rings. The number of benzene rings is 2. The Morgan fingerprint density at radius 2 is 1.02 bits per heavy atom. The fourth-order valence-corrected chi connectivity index (χ4v) is 6.82. The van der Waals surface area contributed by atoms with Gasteiger partial charge in [0.25, 0.3) is 11.8 Å². The summed E-state index contributed by atoms with van der Waals surface area (Å²) in [6.45, 7) is 2.29. The zero-order valence-electron chi connectivity index (χ0n) is 26.1. The van der Waals surface area contributed by atoms with E-state index in [1.54, 1.807) is 58.3 Å². The molecule has 1 aromatic heterocycles. The van der Waals surface area contributed by atoms with Gasteiger partial charge in [-0.1, -0.05) is 0 Å². The predicted molar refractivity (Wildman–Crippen MR) is 170 cm³/mol. The molecule has 13 heteroatoms. The van der Waals surface area contributed by atoms with Crippen molar-refractivity contribution in [2.75, 3.05) is 36.9 Å². The third-order valence-corrected chi connectivity index (χ3v) is 9.31. The average Bonchev–Trinajstić information content (AvgIpc) is 3.93. The molecule has 4 aliphatic heterocycles. The van der Waals surface area contributed by atoms with Crippen LogP contribution in [0, 0.1) is 0 Å². The van der Waals surface area contributed by atoms with Crippen LogP contribution in [0.3, 0.4) is 0 Å². The SMILES string of the molecule is O=C(Nc1ccc(-c2nnc(-c3ccc(NC(=O)[C@@H]4CCCN4C(=O)[C@H]4CCCO4)cc3)o2)cc1)C1CCCN1C(=O)[C@H]1CCCO1. The third kappa shape index (κ3) is 6.63. The molecule has 3 aromatic rings. The van der Waals surface area contributed by atoms with Gasteiger partial charge in [0.1, 0.15) is 24.3 Å². The fraction of sp³-hybridized carbons (Fsp3) is 0.471. The summed E-state index contributed by atoms with van der Waals surface area (Å²) in [7, 11) is 0. The maximum Gasteiger partial charge on any atom is 0.252 e. The van der Waals surface area contributed by atoms with E-state index < -0.39 is 24.3 Å². The van der Waals surface area contributed by atoms with Gasteiger partial charge in [-0.25, -0.2) is 0 Å². The molecular formula is C34H38N6O7. The number of likely N-dealkylation sites (tertiary alicyclic amines) is 2. The Labute approximate surface area is 272 Å². The number of rotatable bonds is 8. The van der Waals surface area contributed by atoms with E-state index >= 15 is 0 Å². The van der Waals surface area contributed by atoms with Gasteiger partial charge in [0, 0.05) is 48.8 Å². The Hall–Kier alpha value is -4.62. The van der Waals surface area contributed by atoms with Crippen LogP contribution in [0.1, 0.15) is 51.4 Å². The number of anilines is 2. The van der Waals surface area contributed by atoms with Crippen molar-refractivity contribution in [2.24, 2.45) is 0 Å². The van der Waals surface area contributed by atoms with E-state index in [4.69, 9.17) is 13.9 Å². The van der Waals surface area contributed by atoms with E-state index in [9.17, 15) is 19.2 Å². The van der Waals surface area contributed by atoms with Gasteiger partial charge < -0.3 is 34.3 Å². The molecular weight excluding hydrogens is 604 g/mol. The number of hydrogen-bond acceptors (Lipinski definition) is 9. The minimum Gasteiger partial charge on any atom is -0.416 e. The Bertz CT molecular complexity index is 1490. The van der Waals surface area contributed by atoms with Gasteiger partial charge in [0.05, 0.1) is 0 Å². The van der Waals surface area contributed by atoms with Crippen LogP contribution in [-0.4, -0.2) is 94.2 Å². The summed E-state index contributed by atoms with van der Waals surface area (Å²) in [5.74, 6) is 0.0121. The summed E-state index contributed by atoms with van der Waals surface area (Å²) < 4.78 is 17.0. The number of carbonyl (C=O) groups is 4. The molecule has 47 heavy (non-hydrogen) atoms. The van der Waals surface area contributed by atoms with Gasteiger partial charge in [-0.15, -0.1) is 10.2 Å². The number of aromatic nitrogens is 2. The Morgan fingerprint density at radius 3 is 1.40 bits per heavy atom. The first kappa shape index (κ1) is 31.0. The van der Waals surface area contributed by atoms with Crippen molar-refractivity contribution in [1.82, 2.24) is 20.0 Å². The first-order valence-corrected chi connectivity index (χ1v) is 16.4. The third-order valence-electron chi connectivity index (χ3n) is 9.31. The predicted octanol–water partition coefficient (Wildman–Crippen LogP) is 3.62. The van der Waals surface area contributed by atoms with Gasteiger partial charge in [-0.05, 0) is 99.9 Å². The molecule has 2 aromatic carbocycles. The molecule has 7 rings (SSSR count). The highest BCUT2D eigenvalue weighted by Gasteiger charge is 2.39. The molecule has 2 N–H and O–H groups in total. The largest absolute Gasteiger partial charge is 0.416 e. The molecule has 0 saturated carbocycles. The maximum atomic E-state index is 13.1. The van der Waals surface area contributed by atoms with Crippen LogP contribution in [0.25, 0.3) is 22.9 Å². The summed E-state index contributed by atoms with van der Waals surface area (Å²) in [6, 6.07) is 13.1. The number of hydrogen-bond donors (Lipinski definition) is 2. The zero-order chi connectivity index (χ0) is 32.3. The van der Waals surface area contributed by atoms with Crippen LogP contribution in [0.4, 0.5) is 11.4 Å². The molecule has 1 unspecified atom stereocenters. The molecule has 4 atom stereocenters. The lowest BCUT2D eigenvalue weighted by atomic mass is 10.1. The average molecular weight is 643 g/mol. The first-order valence-electron chi connectivity index (χ1n) is 16.4. The summed E-state index contributed by atoms with van der Waals surface area (Å²) in [5.41, 5.74) is 2.56. The van der Waals surface area contributed by atoms with E-state index in [0.29, 0.717) is 86.3 Å². The highest BCUT2D eigenvalue weighted by atomic mass is 16.5. The van der Waals surface area contributed by atoms with Crippen LogP contribution < -0.4 is 10.6 Å². The normalized spacial score (nSPS) is 24.1. The highest BCUT2D eigenvalue weighted by molar-refractivity contribution is 5.99. The topological polar surface area (TPSA) is 156 Å². The number of nitrogens with one attached hydrogen (secondary N) is 2. The van der Waals surface area contributed by atoms with E-state index in [1.165, 1.54) is 0 Å². The second-order valence-electron chi connectivity index (χ2n) is 12.4. The van der Waals surface area contributed by atoms with Crippen molar-refractivity contribution in [3.05, 3.63) is 48.5 Å². The van der Waals surface area contributed by atoms with Gasteiger partial charge in [0.2, 0.25) is 23.6 Å². The van der Waals surface area contributed by atoms with Crippen LogP contribution >= 0.6 is 0 Å². The lowest BCUT2D eigenvalue weighted by Gasteiger charge is -2.26. The second-order valence-corrected chi connectivity index (χ2v) is 12.4. The maximum absolute atomic E-state index is 13.1. The van der Waals surface area contributed by atoms with Crippen LogP contribution in [0.5, 0.6) is 0 Å². The Morgan fingerprint density at radius 1 is 0.596 bits per heavy atom. The van der Waals surface area contributed by atoms with Crippen molar-refractivity contribution in [2.45, 2.75) is 75.7 Å². The summed E-state index contributed by atoms with van der Waals surface area (Å²) in [4.78, 5) is 55.2. The number of nitrogens with zero attached hydrogens (tertiary/aromatic N) is 4. The number of amides is 4. The van der Waals surface area contributed by atoms with Gasteiger partial charge in [-0.2, -0.15) is 0 Å². The second kappa shape index (κ2) is 13.6. The standard InChI is InChI=1S/C34H38N6O7/c41-29(25-5-1-17-39(25)33(43)27-7-3-19-45-27)35-23-13-9-21(10-14-23)31-37-38-32(47-31)22-11-15-24(16-12-22)36-30(42)26-6-2-18-40(26)34(44)28-8-4-20-46-28/h9-16,25-28H,1-8,17-20H2,(H,35,41)(H,36,42)/t25-,26?,27+,28+/m0/s1. The molecule has 0 bridgehead atoms. The minimum absolute atomic E-state index is 0.0964. The Balaban J connectivity index is 0.940. The molecule has 0 spiro atoms. The van der Waals surface area contributed by atoms with Crippen molar-refractivity contribution in [3.63, 3.8) is 0 Å². The van der Waals surface area contributed by atoms with Crippen molar-refractivity contribution in [3.8, 4) is 22.9 Å². The molecule has 0 aliphatic carbocycles. The van der Waals surface area contributed by atoms with Gasteiger partial charge in [0.15, 0.2) is 0 Å². The van der Waals surface area contributed by atoms with Crippen molar-refractivity contribution in [1.29, 1.82) is 0 Å². The van der Waals surface area contributed by atoms with Crippen LogP contribution in [0.2, 0.25) is 0 Å². The van der Waals surface area contributed by atoms with Crippen LogP contribution in [0.15, 0.2) is 52.9 Å². The molecule has 13 nitrogen and oxygen atoms in total. The first-order chi connectivity index (χ1) is 22.9. The highest BCUT2D eigenvalue weighted by Crippen LogP contribution is 2.28. The quantitative estimate of drug-likeness (QED) is 0.375. The van der Waals surface area contributed by atoms with E-state index in [0.717, 1.165) is 25.7 Å². The fourth-order valence-electron chi connectivity index (χ4n) is 6.82. The smallest absolute Gasteiger partial charge is 0.252 e. The van der Waals surface area contributed by atoms with Crippen molar-refractivity contribution >= 4 is 35.0 Å². The molecule has 4 amide bonds. The molecule has 246 valence electrons. The van der Waals surface area contributed by atoms with Gasteiger partial charge in [-0.3, -0.25) is 19.2 Å². The summed E-state index contributed by atoms with van der Waals surface area (Å²) in [6.07, 6.45) is 5.05. The summed E-state index contributed by atoms with van der Waals surface area (Å²) in [5, 5.41) is 14.2. The van der Waals surface area contributed by atoms with Crippen molar-refractivity contribution < 1.29 is 33.1 Å². The molecule has 4 aliphatic rings. The lowest BCUT2D eigenvalue weighted by molar-refractivity contribution is -0.144. The molecule has 4 saturated heterocycles. The monoisotopic (exact) mass is 642 g/mol. The molecule has 0 radical (unpaired) electrons. The Kier molecular flexibility index (Phi) is 8.99. The number of ether oxygens (including phenoxy) is 2. The van der Waals surface area contributed by atoms with E-state index in [2.05, 4.69) is 20.8 Å². The summed E-state index contributed by atoms with van der Waals surface area (Å²) >= 11 is 0.